The maximum atomic E-state index is 12.7. The zero-order valence-corrected chi connectivity index (χ0v) is 17.5. The van der Waals surface area contributed by atoms with Crippen LogP contribution in [0.25, 0.3) is 0 Å². The van der Waals surface area contributed by atoms with E-state index in [1.54, 1.807) is 4.68 Å². The van der Waals surface area contributed by atoms with Gasteiger partial charge in [0.1, 0.15) is 0 Å². The Bertz CT molecular complexity index is 782. The lowest BCUT2D eigenvalue weighted by Crippen LogP contribution is -2.50. The molecule has 1 aromatic heterocycles. The van der Waals surface area contributed by atoms with Gasteiger partial charge < -0.3 is 5.32 Å². The lowest BCUT2D eigenvalue weighted by molar-refractivity contribution is -0.127. The van der Waals surface area contributed by atoms with E-state index in [4.69, 9.17) is 0 Å². The Morgan fingerprint density at radius 3 is 2.62 bits per heavy atom. The van der Waals surface area contributed by atoms with E-state index < -0.39 is 0 Å². The third kappa shape index (κ3) is 5.46. The van der Waals surface area contributed by atoms with Gasteiger partial charge in [-0.25, -0.2) is 0 Å². The summed E-state index contributed by atoms with van der Waals surface area (Å²) in [6.45, 7) is 5.95. The van der Waals surface area contributed by atoms with E-state index in [9.17, 15) is 4.79 Å². The fourth-order valence-corrected chi connectivity index (χ4v) is 4.73. The SMILES string of the molecule is Cn1cc(CNC(=O)C2CCCN(C3CCN(Cc4ccccc4)CC3)C2)cn1. The number of aromatic nitrogens is 2. The fourth-order valence-electron chi connectivity index (χ4n) is 4.73. The first-order valence-electron chi connectivity index (χ1n) is 10.9. The van der Waals surface area contributed by atoms with Crippen molar-refractivity contribution in [2.45, 2.75) is 44.8 Å². The molecule has 29 heavy (non-hydrogen) atoms. The number of carbonyl (C=O) groups excluding carboxylic acids is 1. The number of nitrogens with one attached hydrogen (secondary N) is 1. The average molecular weight is 396 g/mol. The number of hydrogen-bond donors (Lipinski definition) is 1. The molecule has 2 saturated heterocycles. The number of amides is 1. The topological polar surface area (TPSA) is 53.4 Å². The number of benzene rings is 1. The maximum absolute atomic E-state index is 12.7. The van der Waals surface area contributed by atoms with Crippen LogP contribution in [0.1, 0.15) is 36.8 Å². The summed E-state index contributed by atoms with van der Waals surface area (Å²) in [4.78, 5) is 17.8. The molecule has 2 fully saturated rings. The molecule has 1 aromatic carbocycles. The number of carbonyl (C=O) groups is 1. The van der Waals surface area contributed by atoms with Crippen LogP contribution in [0.2, 0.25) is 0 Å². The van der Waals surface area contributed by atoms with Crippen molar-refractivity contribution in [3.63, 3.8) is 0 Å². The summed E-state index contributed by atoms with van der Waals surface area (Å²) >= 11 is 0. The number of nitrogens with zero attached hydrogens (tertiary/aromatic N) is 4. The van der Waals surface area contributed by atoms with Crippen LogP contribution in [0.5, 0.6) is 0 Å². The Labute approximate surface area is 173 Å². The highest BCUT2D eigenvalue weighted by Crippen LogP contribution is 2.24. The Morgan fingerprint density at radius 2 is 1.90 bits per heavy atom. The molecule has 1 N–H and O–H groups in total. The zero-order valence-electron chi connectivity index (χ0n) is 17.5. The molecule has 0 saturated carbocycles. The minimum Gasteiger partial charge on any atom is -0.352 e. The maximum Gasteiger partial charge on any atom is 0.224 e. The number of rotatable bonds is 6. The Kier molecular flexibility index (Phi) is 6.62. The molecular formula is C23H33N5O. The molecule has 2 aliphatic heterocycles. The van der Waals surface area contributed by atoms with Gasteiger partial charge >= 0.3 is 0 Å². The second kappa shape index (κ2) is 9.55. The number of piperidine rings is 2. The molecule has 2 aromatic rings. The van der Waals surface area contributed by atoms with Crippen molar-refractivity contribution >= 4 is 5.91 Å². The zero-order chi connectivity index (χ0) is 20.1. The molecule has 2 aliphatic rings. The smallest absolute Gasteiger partial charge is 0.224 e. The Morgan fingerprint density at radius 1 is 1.10 bits per heavy atom. The summed E-state index contributed by atoms with van der Waals surface area (Å²) in [7, 11) is 1.90. The van der Waals surface area contributed by atoms with E-state index in [-0.39, 0.29) is 11.8 Å². The summed E-state index contributed by atoms with van der Waals surface area (Å²) in [5, 5.41) is 7.28. The van der Waals surface area contributed by atoms with E-state index in [1.165, 1.54) is 18.4 Å². The number of aryl methyl sites for hydroxylation is 1. The van der Waals surface area contributed by atoms with Gasteiger partial charge in [-0.05, 0) is 50.9 Å². The van der Waals surface area contributed by atoms with Gasteiger partial charge in [0.15, 0.2) is 0 Å². The van der Waals surface area contributed by atoms with E-state index in [2.05, 4.69) is 50.5 Å². The summed E-state index contributed by atoms with van der Waals surface area (Å²) < 4.78 is 1.77. The molecule has 0 aliphatic carbocycles. The van der Waals surface area contributed by atoms with Crippen LogP contribution in [0.4, 0.5) is 0 Å². The van der Waals surface area contributed by atoms with Crippen LogP contribution in [-0.2, 0) is 24.9 Å². The summed E-state index contributed by atoms with van der Waals surface area (Å²) in [6.07, 6.45) is 8.30. The molecule has 3 heterocycles. The van der Waals surface area contributed by atoms with Crippen LogP contribution in [0.3, 0.4) is 0 Å². The van der Waals surface area contributed by atoms with E-state index in [0.29, 0.717) is 12.6 Å². The molecule has 0 bridgehead atoms. The van der Waals surface area contributed by atoms with Gasteiger partial charge in [-0.15, -0.1) is 0 Å². The van der Waals surface area contributed by atoms with Gasteiger partial charge in [0.05, 0.1) is 12.1 Å². The van der Waals surface area contributed by atoms with Gasteiger partial charge in [0.2, 0.25) is 5.91 Å². The highest BCUT2D eigenvalue weighted by atomic mass is 16.1. The number of likely N-dealkylation sites (tertiary alicyclic amines) is 2. The predicted octanol–water partition coefficient (Wildman–Crippen LogP) is 2.41. The van der Waals surface area contributed by atoms with Crippen molar-refractivity contribution in [1.29, 1.82) is 0 Å². The fraction of sp³-hybridized carbons (Fsp3) is 0.565. The molecule has 1 unspecified atom stereocenters. The van der Waals surface area contributed by atoms with E-state index in [0.717, 1.165) is 51.1 Å². The van der Waals surface area contributed by atoms with Crippen molar-refractivity contribution in [2.75, 3.05) is 26.2 Å². The van der Waals surface area contributed by atoms with Crippen LogP contribution < -0.4 is 5.32 Å². The normalized spacial score (nSPS) is 21.9. The van der Waals surface area contributed by atoms with Crippen molar-refractivity contribution in [2.24, 2.45) is 13.0 Å². The third-order valence-corrected chi connectivity index (χ3v) is 6.37. The molecule has 156 valence electrons. The first-order chi connectivity index (χ1) is 14.2. The second-order valence-corrected chi connectivity index (χ2v) is 8.57. The Balaban J connectivity index is 1.23. The molecule has 1 atom stereocenters. The lowest BCUT2D eigenvalue weighted by Gasteiger charge is -2.42. The molecule has 0 radical (unpaired) electrons. The van der Waals surface area contributed by atoms with Crippen LogP contribution in [-0.4, -0.2) is 57.7 Å². The Hall–Kier alpha value is -2.18. The van der Waals surface area contributed by atoms with E-state index in [1.807, 2.05) is 19.4 Å². The second-order valence-electron chi connectivity index (χ2n) is 8.57. The summed E-state index contributed by atoms with van der Waals surface area (Å²) in [5.41, 5.74) is 2.45. The lowest BCUT2D eigenvalue weighted by atomic mass is 9.93. The minimum atomic E-state index is 0.114. The standard InChI is InChI=1S/C23H33N5O/c1-26-16-20(15-25-26)14-24-23(29)21-8-5-11-28(18-21)22-9-12-27(13-10-22)17-19-6-3-2-4-7-19/h2-4,6-7,15-16,21-22H,5,8-14,17-18H2,1H3,(H,24,29). The molecule has 4 rings (SSSR count). The molecule has 6 nitrogen and oxygen atoms in total. The molecule has 0 spiro atoms. The molecule has 1 amide bonds. The van der Waals surface area contributed by atoms with Crippen LogP contribution in [0.15, 0.2) is 42.7 Å². The third-order valence-electron chi connectivity index (χ3n) is 6.37. The van der Waals surface area contributed by atoms with Crippen molar-refractivity contribution in [3.8, 4) is 0 Å². The van der Waals surface area contributed by atoms with Crippen molar-refractivity contribution in [3.05, 3.63) is 53.9 Å². The van der Waals surface area contributed by atoms with E-state index >= 15 is 0 Å². The first-order valence-corrected chi connectivity index (χ1v) is 10.9. The molecular weight excluding hydrogens is 362 g/mol. The number of hydrogen-bond acceptors (Lipinski definition) is 4. The highest BCUT2D eigenvalue weighted by molar-refractivity contribution is 5.78. The van der Waals surface area contributed by atoms with Gasteiger partial charge in [0.25, 0.3) is 0 Å². The quantitative estimate of drug-likeness (QED) is 0.816. The van der Waals surface area contributed by atoms with Crippen molar-refractivity contribution < 1.29 is 4.79 Å². The minimum absolute atomic E-state index is 0.114. The van der Waals surface area contributed by atoms with Crippen LogP contribution in [0, 0.1) is 5.92 Å². The van der Waals surface area contributed by atoms with Crippen LogP contribution >= 0.6 is 0 Å². The van der Waals surface area contributed by atoms with Gasteiger partial charge in [-0.2, -0.15) is 5.10 Å². The van der Waals surface area contributed by atoms with Crippen molar-refractivity contribution in [1.82, 2.24) is 24.9 Å². The highest BCUT2D eigenvalue weighted by Gasteiger charge is 2.31. The summed E-state index contributed by atoms with van der Waals surface area (Å²) in [5.74, 6) is 0.308. The van der Waals surface area contributed by atoms with Gasteiger partial charge in [-0.1, -0.05) is 30.3 Å². The monoisotopic (exact) mass is 395 g/mol. The first kappa shape index (κ1) is 20.1. The average Bonchev–Trinajstić information content (AvgIpc) is 3.18. The largest absolute Gasteiger partial charge is 0.352 e. The van der Waals surface area contributed by atoms with Gasteiger partial charge in [-0.3, -0.25) is 19.3 Å². The van der Waals surface area contributed by atoms with Gasteiger partial charge in [0, 0.05) is 44.5 Å². The summed E-state index contributed by atoms with van der Waals surface area (Å²) in [6, 6.07) is 11.4. The predicted molar refractivity (Wildman–Crippen MR) is 114 cm³/mol. The molecule has 6 heteroatoms.